The van der Waals surface area contributed by atoms with Crippen LogP contribution < -0.4 is 0 Å². The molecule has 10 heavy (non-hydrogen) atoms. The summed E-state index contributed by atoms with van der Waals surface area (Å²) < 4.78 is 5.51. The van der Waals surface area contributed by atoms with E-state index in [0.29, 0.717) is 12.1 Å². The molecule has 0 saturated carbocycles. The lowest BCUT2D eigenvalue weighted by Gasteiger charge is -2.35. The number of morpholine rings is 1. The minimum atomic E-state index is 0.424. The van der Waals surface area contributed by atoms with E-state index in [2.05, 4.69) is 25.8 Å². The van der Waals surface area contributed by atoms with Crippen LogP contribution in [0.3, 0.4) is 0 Å². The minimum Gasteiger partial charge on any atom is -0.376 e. The van der Waals surface area contributed by atoms with Crippen molar-refractivity contribution in [3.05, 3.63) is 0 Å². The van der Waals surface area contributed by atoms with Gasteiger partial charge in [-0.1, -0.05) is 6.92 Å². The average molecular weight is 143 g/mol. The van der Waals surface area contributed by atoms with Gasteiger partial charge in [-0.05, 0) is 20.4 Å². The smallest absolute Gasteiger partial charge is 0.0674 e. The highest BCUT2D eigenvalue weighted by Crippen LogP contribution is 2.11. The molecule has 1 saturated heterocycles. The zero-order valence-electron chi connectivity index (χ0n) is 7.13. The van der Waals surface area contributed by atoms with E-state index >= 15 is 0 Å². The van der Waals surface area contributed by atoms with Crippen molar-refractivity contribution < 1.29 is 4.74 Å². The maximum atomic E-state index is 5.51. The first kappa shape index (κ1) is 8.02. The summed E-state index contributed by atoms with van der Waals surface area (Å²) in [5.74, 6) is 0. The molecule has 0 aliphatic carbocycles. The summed E-state index contributed by atoms with van der Waals surface area (Å²) in [7, 11) is 2.17. The summed E-state index contributed by atoms with van der Waals surface area (Å²) in [6, 6.07) is 0.649. The highest BCUT2D eigenvalue weighted by Gasteiger charge is 2.21. The van der Waals surface area contributed by atoms with Crippen LogP contribution in [0.5, 0.6) is 0 Å². The van der Waals surface area contributed by atoms with Crippen LogP contribution in [-0.4, -0.2) is 37.2 Å². The van der Waals surface area contributed by atoms with Crippen molar-refractivity contribution in [3.63, 3.8) is 0 Å². The SMILES string of the molecule is CC[C@@H]1CO[C@@H](C)CN1C. The molecule has 0 unspecified atom stereocenters. The van der Waals surface area contributed by atoms with Gasteiger partial charge in [0.2, 0.25) is 0 Å². The standard InChI is InChI=1S/C8H17NO/c1-4-8-6-10-7(2)5-9(8)3/h7-8H,4-6H2,1-3H3/t7-,8+/m0/s1. The van der Waals surface area contributed by atoms with E-state index < -0.39 is 0 Å². The topological polar surface area (TPSA) is 12.5 Å². The Bertz CT molecular complexity index is 105. The zero-order valence-corrected chi connectivity index (χ0v) is 7.13. The van der Waals surface area contributed by atoms with Crippen LogP contribution in [0.2, 0.25) is 0 Å². The molecule has 0 aromatic heterocycles. The van der Waals surface area contributed by atoms with Crippen LogP contribution in [0.4, 0.5) is 0 Å². The predicted molar refractivity (Wildman–Crippen MR) is 42.1 cm³/mol. The third-order valence-electron chi connectivity index (χ3n) is 2.21. The first-order valence-corrected chi connectivity index (χ1v) is 4.06. The Hall–Kier alpha value is -0.0800. The molecule has 2 heteroatoms. The Morgan fingerprint density at radius 3 is 2.80 bits per heavy atom. The largest absolute Gasteiger partial charge is 0.376 e. The van der Waals surface area contributed by atoms with Crippen LogP contribution in [0.15, 0.2) is 0 Å². The quantitative estimate of drug-likeness (QED) is 0.545. The molecule has 1 fully saturated rings. The van der Waals surface area contributed by atoms with Gasteiger partial charge in [0.25, 0.3) is 0 Å². The zero-order chi connectivity index (χ0) is 7.56. The van der Waals surface area contributed by atoms with Crippen molar-refractivity contribution in [2.75, 3.05) is 20.2 Å². The molecule has 0 radical (unpaired) electrons. The molecule has 2 atom stereocenters. The molecule has 1 heterocycles. The first-order chi connectivity index (χ1) is 4.74. The lowest BCUT2D eigenvalue weighted by atomic mass is 10.1. The number of ether oxygens (including phenoxy) is 1. The van der Waals surface area contributed by atoms with E-state index in [1.54, 1.807) is 0 Å². The van der Waals surface area contributed by atoms with Gasteiger partial charge >= 0.3 is 0 Å². The van der Waals surface area contributed by atoms with Gasteiger partial charge in [-0.3, -0.25) is 4.90 Å². The van der Waals surface area contributed by atoms with Gasteiger partial charge in [0.05, 0.1) is 12.7 Å². The molecule has 1 aliphatic rings. The lowest BCUT2D eigenvalue weighted by Crippen LogP contribution is -2.45. The Labute approximate surface area is 63.2 Å². The molecule has 1 aliphatic heterocycles. The molecule has 0 amide bonds. The molecule has 0 N–H and O–H groups in total. The van der Waals surface area contributed by atoms with Crippen molar-refractivity contribution >= 4 is 0 Å². The molecule has 0 aromatic rings. The number of nitrogens with zero attached hydrogens (tertiary/aromatic N) is 1. The molecule has 0 spiro atoms. The number of likely N-dealkylation sites (N-methyl/N-ethyl adjacent to an activating group) is 1. The summed E-state index contributed by atoms with van der Waals surface area (Å²) in [5.41, 5.74) is 0. The molecule has 2 nitrogen and oxygen atoms in total. The predicted octanol–water partition coefficient (Wildman–Crippen LogP) is 1.12. The second kappa shape index (κ2) is 3.35. The van der Waals surface area contributed by atoms with Crippen LogP contribution in [0, 0.1) is 0 Å². The maximum absolute atomic E-state index is 5.51. The monoisotopic (exact) mass is 143 g/mol. The Kier molecular flexibility index (Phi) is 2.69. The van der Waals surface area contributed by atoms with Gasteiger partial charge < -0.3 is 4.74 Å². The third kappa shape index (κ3) is 1.70. The molecular formula is C8H17NO. The normalized spacial score (nSPS) is 36.3. The van der Waals surface area contributed by atoms with Gasteiger partial charge in [-0.15, -0.1) is 0 Å². The summed E-state index contributed by atoms with van der Waals surface area (Å²) >= 11 is 0. The van der Waals surface area contributed by atoms with Gasteiger partial charge in [0, 0.05) is 12.6 Å². The van der Waals surface area contributed by atoms with Crippen LogP contribution in [0.1, 0.15) is 20.3 Å². The molecule has 60 valence electrons. The number of hydrogen-bond donors (Lipinski definition) is 0. The Balaban J connectivity index is 2.36. The van der Waals surface area contributed by atoms with E-state index in [-0.39, 0.29) is 0 Å². The van der Waals surface area contributed by atoms with Gasteiger partial charge in [0.15, 0.2) is 0 Å². The maximum Gasteiger partial charge on any atom is 0.0674 e. The lowest BCUT2D eigenvalue weighted by molar-refractivity contribution is -0.0452. The van der Waals surface area contributed by atoms with Gasteiger partial charge in [-0.25, -0.2) is 0 Å². The summed E-state index contributed by atoms with van der Waals surface area (Å²) in [5, 5.41) is 0. The first-order valence-electron chi connectivity index (χ1n) is 4.06. The Morgan fingerprint density at radius 1 is 1.60 bits per heavy atom. The van der Waals surface area contributed by atoms with E-state index in [9.17, 15) is 0 Å². The van der Waals surface area contributed by atoms with Crippen LogP contribution >= 0.6 is 0 Å². The third-order valence-corrected chi connectivity index (χ3v) is 2.21. The fourth-order valence-electron chi connectivity index (χ4n) is 1.44. The van der Waals surface area contributed by atoms with E-state index in [1.807, 2.05) is 0 Å². The minimum absolute atomic E-state index is 0.424. The van der Waals surface area contributed by atoms with E-state index in [4.69, 9.17) is 4.74 Å². The van der Waals surface area contributed by atoms with Crippen molar-refractivity contribution in [1.29, 1.82) is 0 Å². The molecule has 0 aromatic carbocycles. The van der Waals surface area contributed by atoms with Gasteiger partial charge in [-0.2, -0.15) is 0 Å². The van der Waals surface area contributed by atoms with Crippen molar-refractivity contribution in [1.82, 2.24) is 4.90 Å². The Morgan fingerprint density at radius 2 is 2.30 bits per heavy atom. The number of hydrogen-bond acceptors (Lipinski definition) is 2. The summed E-state index contributed by atoms with van der Waals surface area (Å²) in [6.45, 7) is 6.33. The summed E-state index contributed by atoms with van der Waals surface area (Å²) in [4.78, 5) is 2.38. The fraction of sp³-hybridized carbons (Fsp3) is 1.00. The molecule has 0 bridgehead atoms. The molecule has 1 rings (SSSR count). The highest BCUT2D eigenvalue weighted by molar-refractivity contribution is 4.73. The number of rotatable bonds is 1. The molecular weight excluding hydrogens is 126 g/mol. The highest BCUT2D eigenvalue weighted by atomic mass is 16.5. The second-order valence-electron chi connectivity index (χ2n) is 3.15. The van der Waals surface area contributed by atoms with E-state index in [0.717, 1.165) is 13.2 Å². The van der Waals surface area contributed by atoms with Crippen LogP contribution in [-0.2, 0) is 4.74 Å². The van der Waals surface area contributed by atoms with Gasteiger partial charge in [0.1, 0.15) is 0 Å². The average Bonchev–Trinajstić information content (AvgIpc) is 1.88. The van der Waals surface area contributed by atoms with E-state index in [1.165, 1.54) is 6.42 Å². The second-order valence-corrected chi connectivity index (χ2v) is 3.15. The van der Waals surface area contributed by atoms with Crippen molar-refractivity contribution in [2.24, 2.45) is 0 Å². The summed E-state index contributed by atoms with van der Waals surface area (Å²) in [6.07, 6.45) is 1.62. The van der Waals surface area contributed by atoms with Crippen LogP contribution in [0.25, 0.3) is 0 Å². The fourth-order valence-corrected chi connectivity index (χ4v) is 1.44. The van der Waals surface area contributed by atoms with Crippen molar-refractivity contribution in [2.45, 2.75) is 32.4 Å². The van der Waals surface area contributed by atoms with Crippen molar-refractivity contribution in [3.8, 4) is 0 Å².